The molecule has 0 aromatic heterocycles. The molecule has 1 aromatic rings. The van der Waals surface area contributed by atoms with Gasteiger partial charge in [0.05, 0.1) is 44.9 Å². The van der Waals surface area contributed by atoms with Crippen molar-refractivity contribution in [1.82, 2.24) is 0 Å². The minimum Gasteiger partial charge on any atom is -1.00 e. The summed E-state index contributed by atoms with van der Waals surface area (Å²) in [5.74, 6) is 0.447. The van der Waals surface area contributed by atoms with E-state index in [9.17, 15) is 4.79 Å². The molecule has 20 heavy (non-hydrogen) atoms. The number of rotatable bonds is 0. The Labute approximate surface area is 126 Å². The molecule has 1 N–H and O–H groups in total. The van der Waals surface area contributed by atoms with Gasteiger partial charge in [-0.05, 0) is 18.6 Å². The van der Waals surface area contributed by atoms with E-state index in [2.05, 4.69) is 32.2 Å². The summed E-state index contributed by atoms with van der Waals surface area (Å²) in [4.78, 5) is 15.5. The van der Waals surface area contributed by atoms with Gasteiger partial charge >= 0.3 is 6.09 Å². The van der Waals surface area contributed by atoms with Gasteiger partial charge in [0, 0.05) is 6.42 Å². The summed E-state index contributed by atoms with van der Waals surface area (Å²) in [6.07, 6.45) is 0.816. The Kier molecular flexibility index (Phi) is 4.25. The number of piperidine rings is 1. The SMILES string of the molecule is COC(=O)N1c2ccc(C)cc2[C@@H]2C[NH+](C)CC[C@@H]21.[Cl-]. The van der Waals surface area contributed by atoms with E-state index < -0.39 is 0 Å². The molecule has 3 atom stereocenters. The second kappa shape index (κ2) is 5.62. The number of hydrogen-bond donors (Lipinski definition) is 1. The molecular weight excluding hydrogens is 276 g/mol. The normalized spacial score (nSPS) is 27.4. The van der Waals surface area contributed by atoms with E-state index in [0.29, 0.717) is 5.92 Å². The first-order valence-corrected chi connectivity index (χ1v) is 6.91. The number of amides is 1. The van der Waals surface area contributed by atoms with Crippen LogP contribution in [0.5, 0.6) is 0 Å². The fourth-order valence-electron chi connectivity index (χ4n) is 3.54. The van der Waals surface area contributed by atoms with Crippen LogP contribution in [0.25, 0.3) is 0 Å². The first-order chi connectivity index (χ1) is 9.11. The van der Waals surface area contributed by atoms with E-state index in [1.54, 1.807) is 4.90 Å². The van der Waals surface area contributed by atoms with Gasteiger partial charge in [0.2, 0.25) is 0 Å². The van der Waals surface area contributed by atoms with E-state index >= 15 is 0 Å². The summed E-state index contributed by atoms with van der Waals surface area (Å²) in [5.41, 5.74) is 3.61. The third-order valence-corrected chi connectivity index (χ3v) is 4.44. The molecule has 1 fully saturated rings. The Hall–Kier alpha value is -1.26. The van der Waals surface area contributed by atoms with Gasteiger partial charge in [0.1, 0.15) is 0 Å². The lowest BCUT2D eigenvalue weighted by Gasteiger charge is -2.33. The largest absolute Gasteiger partial charge is 1.00 e. The van der Waals surface area contributed by atoms with Crippen molar-refractivity contribution in [3.8, 4) is 0 Å². The molecule has 0 spiro atoms. The highest BCUT2D eigenvalue weighted by atomic mass is 35.5. The highest BCUT2D eigenvalue weighted by Gasteiger charge is 2.46. The number of nitrogens with one attached hydrogen (secondary N) is 1. The Bertz CT molecular complexity index is 521. The highest BCUT2D eigenvalue weighted by Crippen LogP contribution is 2.43. The predicted molar refractivity (Wildman–Crippen MR) is 73.8 cm³/mol. The molecule has 2 heterocycles. The van der Waals surface area contributed by atoms with Crippen molar-refractivity contribution in [3.63, 3.8) is 0 Å². The molecule has 2 aliphatic rings. The molecule has 1 amide bonds. The van der Waals surface area contributed by atoms with Crippen molar-refractivity contribution in [2.24, 2.45) is 0 Å². The summed E-state index contributed by atoms with van der Waals surface area (Å²) >= 11 is 0. The molecule has 3 rings (SSSR count). The molecule has 0 bridgehead atoms. The van der Waals surface area contributed by atoms with Gasteiger partial charge < -0.3 is 22.0 Å². The van der Waals surface area contributed by atoms with E-state index in [4.69, 9.17) is 4.74 Å². The van der Waals surface area contributed by atoms with Gasteiger partial charge in [-0.15, -0.1) is 0 Å². The number of ether oxygens (including phenoxy) is 1. The average molecular weight is 297 g/mol. The maximum absolute atomic E-state index is 12.1. The zero-order valence-corrected chi connectivity index (χ0v) is 12.9. The Morgan fingerprint density at radius 3 is 2.90 bits per heavy atom. The first kappa shape index (κ1) is 15.1. The van der Waals surface area contributed by atoms with Crippen LogP contribution in [0.15, 0.2) is 18.2 Å². The Balaban J connectivity index is 0.00000147. The van der Waals surface area contributed by atoms with Crippen LogP contribution in [-0.2, 0) is 4.74 Å². The molecule has 0 saturated carbocycles. The van der Waals surface area contributed by atoms with Crippen LogP contribution < -0.4 is 22.2 Å². The van der Waals surface area contributed by atoms with E-state index in [1.165, 1.54) is 18.2 Å². The van der Waals surface area contributed by atoms with Crippen molar-refractivity contribution in [1.29, 1.82) is 0 Å². The monoisotopic (exact) mass is 296 g/mol. The van der Waals surface area contributed by atoms with Gasteiger partial charge in [-0.2, -0.15) is 0 Å². The first-order valence-electron chi connectivity index (χ1n) is 6.91. The third kappa shape index (κ3) is 2.27. The molecule has 5 heteroatoms. The van der Waals surface area contributed by atoms with Crippen molar-refractivity contribution < 1.29 is 26.8 Å². The number of nitrogens with zero attached hydrogens (tertiary/aromatic N) is 1. The molecule has 1 unspecified atom stereocenters. The summed E-state index contributed by atoms with van der Waals surface area (Å²) < 4.78 is 4.98. The van der Waals surface area contributed by atoms with Crippen molar-refractivity contribution >= 4 is 11.8 Å². The van der Waals surface area contributed by atoms with Crippen LogP contribution in [0.1, 0.15) is 23.5 Å². The molecule has 2 aliphatic heterocycles. The minimum absolute atomic E-state index is 0. The number of likely N-dealkylation sites (N-methyl/N-ethyl adjacent to an activating group) is 1. The fourth-order valence-corrected chi connectivity index (χ4v) is 3.54. The van der Waals surface area contributed by atoms with Crippen molar-refractivity contribution in [2.45, 2.75) is 25.3 Å². The van der Waals surface area contributed by atoms with Crippen LogP contribution in [0, 0.1) is 6.92 Å². The van der Waals surface area contributed by atoms with E-state index in [1.807, 2.05) is 4.90 Å². The van der Waals surface area contributed by atoms with Gasteiger partial charge in [0.15, 0.2) is 0 Å². The molecule has 0 aliphatic carbocycles. The second-order valence-corrected chi connectivity index (χ2v) is 5.78. The number of quaternary nitrogens is 1. The van der Waals surface area contributed by atoms with E-state index in [-0.39, 0.29) is 24.5 Å². The van der Waals surface area contributed by atoms with Crippen LogP contribution in [0.4, 0.5) is 10.5 Å². The number of fused-ring (bicyclic) bond motifs is 3. The molecule has 1 saturated heterocycles. The lowest BCUT2D eigenvalue weighted by atomic mass is 9.89. The minimum atomic E-state index is -0.225. The Morgan fingerprint density at radius 2 is 2.20 bits per heavy atom. The molecule has 4 nitrogen and oxygen atoms in total. The number of methoxy groups -OCH3 is 1. The maximum Gasteiger partial charge on any atom is 0.414 e. The summed E-state index contributed by atoms with van der Waals surface area (Å²) in [6, 6.07) is 6.64. The number of aryl methyl sites for hydroxylation is 1. The second-order valence-electron chi connectivity index (χ2n) is 5.78. The average Bonchev–Trinajstić information content (AvgIpc) is 2.71. The molecule has 0 radical (unpaired) electrons. The number of hydrogen-bond acceptors (Lipinski definition) is 2. The predicted octanol–water partition coefficient (Wildman–Crippen LogP) is -2.04. The lowest BCUT2D eigenvalue weighted by Crippen LogP contribution is -3.11. The zero-order chi connectivity index (χ0) is 13.6. The number of likely N-dealkylation sites (tertiary alicyclic amines) is 1. The highest BCUT2D eigenvalue weighted by molar-refractivity contribution is 5.92. The fraction of sp³-hybridized carbons (Fsp3) is 0.533. The van der Waals surface area contributed by atoms with Crippen molar-refractivity contribution in [2.75, 3.05) is 32.1 Å². The number of anilines is 1. The third-order valence-electron chi connectivity index (χ3n) is 4.44. The quantitative estimate of drug-likeness (QED) is 0.598. The van der Waals surface area contributed by atoms with Gasteiger partial charge in [-0.25, -0.2) is 4.79 Å². The van der Waals surface area contributed by atoms with Crippen LogP contribution in [0.3, 0.4) is 0 Å². The molecular formula is C15H21ClN2O2. The maximum atomic E-state index is 12.1. The van der Waals surface area contributed by atoms with Crippen LogP contribution >= 0.6 is 0 Å². The Morgan fingerprint density at radius 1 is 1.45 bits per heavy atom. The number of benzene rings is 1. The van der Waals surface area contributed by atoms with Gasteiger partial charge in [0.25, 0.3) is 0 Å². The number of carbonyl (C=O) groups is 1. The number of halogens is 1. The van der Waals surface area contributed by atoms with E-state index in [0.717, 1.165) is 25.2 Å². The van der Waals surface area contributed by atoms with Gasteiger partial charge in [-0.3, -0.25) is 4.90 Å². The summed E-state index contributed by atoms with van der Waals surface area (Å²) in [6.45, 7) is 4.31. The lowest BCUT2D eigenvalue weighted by molar-refractivity contribution is -0.886. The van der Waals surface area contributed by atoms with Crippen LogP contribution in [0.2, 0.25) is 0 Å². The molecule has 110 valence electrons. The number of carbonyl (C=O) groups excluding carboxylic acids is 1. The summed E-state index contributed by atoms with van der Waals surface area (Å²) in [7, 11) is 3.69. The summed E-state index contributed by atoms with van der Waals surface area (Å²) in [5, 5.41) is 0. The zero-order valence-electron chi connectivity index (χ0n) is 12.1. The van der Waals surface area contributed by atoms with Gasteiger partial charge in [-0.1, -0.05) is 17.7 Å². The van der Waals surface area contributed by atoms with Crippen molar-refractivity contribution in [3.05, 3.63) is 29.3 Å². The molecule has 1 aromatic carbocycles. The smallest absolute Gasteiger partial charge is 0.414 e. The topological polar surface area (TPSA) is 34.0 Å². The standard InChI is InChI=1S/C15H20N2O2.ClH/c1-10-4-5-13-11(8-10)12-9-16(2)7-6-14(12)17(13)15(18)19-3;/h4-5,8,12,14H,6-7,9H2,1-3H3;1H/t12-,14-;/m0./s1. The van der Waals surface area contributed by atoms with Crippen LogP contribution in [-0.4, -0.2) is 39.4 Å².